The van der Waals surface area contributed by atoms with E-state index in [9.17, 15) is 5.41 Å². The number of hydrogen-bond donors (Lipinski definition) is 0. The Morgan fingerprint density at radius 2 is 2.09 bits per heavy atom. The van der Waals surface area contributed by atoms with Gasteiger partial charge in [0, 0.05) is 7.05 Å². The van der Waals surface area contributed by atoms with Crippen molar-refractivity contribution in [2.45, 2.75) is 0 Å². The molecule has 0 aliphatic rings. The first-order chi connectivity index (χ1) is 5.29. The molecule has 0 N–H and O–H groups in total. The van der Waals surface area contributed by atoms with Crippen molar-refractivity contribution >= 4 is 21.6 Å². The van der Waals surface area contributed by atoms with Crippen LogP contribution in [0.5, 0.6) is 0 Å². The number of hydrogen-bond acceptors (Lipinski definition) is 1. The van der Waals surface area contributed by atoms with Gasteiger partial charge in [0.25, 0.3) is 0 Å². The predicted octanol–water partition coefficient (Wildman–Crippen LogP) is 0.941. The molecule has 0 bridgehead atoms. The highest BCUT2D eigenvalue weighted by atomic mass is 32.1. The van der Waals surface area contributed by atoms with Crippen molar-refractivity contribution in [3.63, 3.8) is 0 Å². The Hall–Kier alpha value is -1.09. The van der Waals surface area contributed by atoms with E-state index in [-0.39, 0.29) is 0 Å². The molecule has 1 aromatic carbocycles. The fourth-order valence-electron chi connectivity index (χ4n) is 1.09. The predicted molar refractivity (Wildman–Crippen MR) is 46.1 cm³/mol. The molecule has 0 spiro atoms. The van der Waals surface area contributed by atoms with Crippen LogP contribution in [0.25, 0.3) is 10.2 Å². The van der Waals surface area contributed by atoms with Crippen molar-refractivity contribution in [1.82, 2.24) is 9.98 Å². The first-order valence-corrected chi connectivity index (χ1v) is 4.17. The molecule has 2 nitrogen and oxygen atoms in total. The lowest BCUT2D eigenvalue weighted by molar-refractivity contribution is 0.917. The molecule has 2 rings (SSSR count). The summed E-state index contributed by atoms with van der Waals surface area (Å²) in [7, 11) is 1.86. The Bertz CT molecular complexity index is 439. The summed E-state index contributed by atoms with van der Waals surface area (Å²) >= 11 is 1.40. The molecule has 0 fully saturated rings. The molecule has 0 saturated heterocycles. The van der Waals surface area contributed by atoms with E-state index < -0.39 is 0 Å². The summed E-state index contributed by atoms with van der Waals surface area (Å²) in [4.78, 5) is 0.353. The molecule has 1 aromatic heterocycles. The van der Waals surface area contributed by atoms with Crippen molar-refractivity contribution in [3.05, 3.63) is 29.1 Å². The van der Waals surface area contributed by atoms with E-state index in [0.717, 1.165) is 10.2 Å². The average molecular weight is 163 g/mol. The second-order valence-electron chi connectivity index (χ2n) is 2.41. The van der Waals surface area contributed by atoms with E-state index in [1.165, 1.54) is 11.3 Å². The van der Waals surface area contributed by atoms with Gasteiger partial charge in [0.15, 0.2) is 0 Å². The fourth-order valence-corrected chi connectivity index (χ4v) is 1.98. The van der Waals surface area contributed by atoms with Gasteiger partial charge in [-0.3, -0.25) is 0 Å². The summed E-state index contributed by atoms with van der Waals surface area (Å²) in [5.41, 5.74) is 1.08. The molecule has 0 atom stereocenters. The highest BCUT2D eigenvalue weighted by molar-refractivity contribution is 7.16. The molecule has 0 aliphatic carbocycles. The van der Waals surface area contributed by atoms with Gasteiger partial charge in [0.05, 0.1) is 10.2 Å². The number of fused-ring (bicyclic) bond motifs is 1. The summed E-state index contributed by atoms with van der Waals surface area (Å²) in [6.07, 6.45) is 0. The van der Waals surface area contributed by atoms with Crippen LogP contribution in [0, 0.1) is 0 Å². The number of aromatic nitrogens is 1. The second kappa shape index (κ2) is 2.20. The minimum Gasteiger partial charge on any atom is -0.318 e. The third-order valence-electron chi connectivity index (χ3n) is 1.71. The zero-order valence-corrected chi connectivity index (χ0v) is 6.93. The number of benzene rings is 1. The van der Waals surface area contributed by atoms with Gasteiger partial charge in [0.2, 0.25) is 4.80 Å². The molecule has 0 unspecified atom stereocenters. The highest BCUT2D eigenvalue weighted by Crippen LogP contribution is 2.14. The molecule has 3 heteroatoms. The first-order valence-electron chi connectivity index (χ1n) is 3.35. The molecule has 1 radical (unpaired) electrons. The normalized spacial score (nSPS) is 10.6. The third kappa shape index (κ3) is 0.886. The number of thiazole rings is 1. The first kappa shape index (κ1) is 6.61. The van der Waals surface area contributed by atoms with Gasteiger partial charge >= 0.3 is 0 Å². The Morgan fingerprint density at radius 3 is 2.82 bits per heavy atom. The lowest BCUT2D eigenvalue weighted by Crippen LogP contribution is -2.09. The summed E-state index contributed by atoms with van der Waals surface area (Å²) in [5.74, 6) is 0. The molecule has 0 aliphatic heterocycles. The third-order valence-corrected chi connectivity index (χ3v) is 2.74. The largest absolute Gasteiger partial charge is 0.318 e. The van der Waals surface area contributed by atoms with E-state index in [2.05, 4.69) is 0 Å². The lowest BCUT2D eigenvalue weighted by atomic mass is 10.3. The Kier molecular flexibility index (Phi) is 1.32. The van der Waals surface area contributed by atoms with Gasteiger partial charge in [-0.2, -0.15) is 0 Å². The Morgan fingerprint density at radius 1 is 1.36 bits per heavy atom. The number of rotatable bonds is 0. The van der Waals surface area contributed by atoms with Gasteiger partial charge in [-0.15, -0.1) is 5.41 Å². The van der Waals surface area contributed by atoms with Crippen LogP contribution in [0.4, 0.5) is 0 Å². The van der Waals surface area contributed by atoms with Crippen molar-refractivity contribution in [2.75, 3.05) is 0 Å². The molecule has 1 heterocycles. The number of nitrogens with zero attached hydrogens (tertiary/aromatic N) is 2. The van der Waals surface area contributed by atoms with Crippen molar-refractivity contribution in [2.24, 2.45) is 7.05 Å². The lowest BCUT2D eigenvalue weighted by Gasteiger charge is -1.90. The van der Waals surface area contributed by atoms with E-state index in [1.54, 1.807) is 4.57 Å². The molecular weight excluding hydrogens is 156 g/mol. The Balaban J connectivity index is 3.04. The molecule has 2 aromatic rings. The molecular formula is C8H7N2S. The maximum Gasteiger partial charge on any atom is 0.211 e. The Labute approximate surface area is 68.2 Å². The molecule has 11 heavy (non-hydrogen) atoms. The standard InChI is InChI=1S/C8H7N2S/c1-10-6-4-2-3-5-7(6)11-8(10)9/h2-5H,1H3. The van der Waals surface area contributed by atoms with Gasteiger partial charge < -0.3 is 4.57 Å². The number of para-hydroxylation sites is 1. The minimum absolute atomic E-state index is 0.353. The van der Waals surface area contributed by atoms with Crippen molar-refractivity contribution < 1.29 is 0 Å². The summed E-state index contributed by atoms with van der Waals surface area (Å²) < 4.78 is 2.90. The monoisotopic (exact) mass is 163 g/mol. The van der Waals surface area contributed by atoms with Crippen LogP contribution in [0.1, 0.15) is 0 Å². The van der Waals surface area contributed by atoms with E-state index >= 15 is 0 Å². The summed E-state index contributed by atoms with van der Waals surface area (Å²) in [6, 6.07) is 7.93. The second-order valence-corrected chi connectivity index (χ2v) is 3.42. The summed E-state index contributed by atoms with van der Waals surface area (Å²) in [5, 5.41) is 9.32. The van der Waals surface area contributed by atoms with E-state index in [4.69, 9.17) is 0 Å². The highest BCUT2D eigenvalue weighted by Gasteiger charge is 1.98. The van der Waals surface area contributed by atoms with Crippen molar-refractivity contribution in [3.8, 4) is 0 Å². The van der Waals surface area contributed by atoms with Crippen LogP contribution in [0.2, 0.25) is 0 Å². The number of aryl methyl sites for hydroxylation is 1. The SMILES string of the molecule is Cn1c(=[N])sc2ccccc21. The van der Waals surface area contributed by atoms with Gasteiger partial charge in [-0.1, -0.05) is 23.5 Å². The van der Waals surface area contributed by atoms with Crippen LogP contribution in [-0.2, 0) is 7.05 Å². The van der Waals surface area contributed by atoms with Crippen LogP contribution in [0.15, 0.2) is 24.3 Å². The van der Waals surface area contributed by atoms with Crippen LogP contribution in [0.3, 0.4) is 0 Å². The summed E-state index contributed by atoms with van der Waals surface area (Å²) in [6.45, 7) is 0. The van der Waals surface area contributed by atoms with Crippen molar-refractivity contribution in [1.29, 1.82) is 0 Å². The zero-order valence-electron chi connectivity index (χ0n) is 6.11. The van der Waals surface area contributed by atoms with Crippen LogP contribution in [-0.4, -0.2) is 4.57 Å². The minimum atomic E-state index is 0.353. The maximum absolute atomic E-state index is 9.32. The average Bonchev–Trinajstić information content (AvgIpc) is 2.30. The molecule has 55 valence electrons. The van der Waals surface area contributed by atoms with Crippen LogP contribution >= 0.6 is 11.3 Å². The van der Waals surface area contributed by atoms with Gasteiger partial charge in [0.1, 0.15) is 0 Å². The smallest absolute Gasteiger partial charge is 0.211 e. The van der Waals surface area contributed by atoms with Crippen LogP contribution < -0.4 is 10.2 Å². The van der Waals surface area contributed by atoms with E-state index in [0.29, 0.717) is 4.80 Å². The molecule has 0 saturated carbocycles. The maximum atomic E-state index is 9.32. The fraction of sp³-hybridized carbons (Fsp3) is 0.125. The van der Waals surface area contributed by atoms with Gasteiger partial charge in [-0.25, -0.2) is 0 Å². The van der Waals surface area contributed by atoms with E-state index in [1.807, 2.05) is 31.3 Å². The van der Waals surface area contributed by atoms with Gasteiger partial charge in [-0.05, 0) is 12.1 Å². The quantitative estimate of drug-likeness (QED) is 0.553. The zero-order chi connectivity index (χ0) is 7.84. The molecule has 0 amide bonds. The topological polar surface area (TPSA) is 27.2 Å².